The Morgan fingerprint density at radius 1 is 1.75 bits per heavy atom. The summed E-state index contributed by atoms with van der Waals surface area (Å²) in [6, 6.07) is 1.64. The topological polar surface area (TPSA) is 33.4 Å². The van der Waals surface area contributed by atoms with Crippen LogP contribution < -0.4 is 0 Å². The molecule has 2 heteroatoms. The summed E-state index contributed by atoms with van der Waals surface area (Å²) < 4.78 is 4.65. The van der Waals surface area contributed by atoms with Gasteiger partial charge in [-0.25, -0.2) is 0 Å². The maximum Gasteiger partial charge on any atom is 0.118 e. The van der Waals surface area contributed by atoms with E-state index in [9.17, 15) is 0 Å². The molecule has 0 aromatic carbocycles. The molecular weight excluding hydrogens is 104 g/mol. The predicted molar refractivity (Wildman–Crippen MR) is 30.4 cm³/mol. The molecule has 0 saturated carbocycles. The fourth-order valence-corrected chi connectivity index (χ4v) is 0.429. The average molecular weight is 110 g/mol. The predicted octanol–water partition coefficient (Wildman–Crippen LogP) is 1.81. The van der Waals surface area contributed by atoms with Gasteiger partial charge in [0, 0.05) is 0 Å². The van der Waals surface area contributed by atoms with Crippen molar-refractivity contribution in [2.24, 2.45) is 0 Å². The van der Waals surface area contributed by atoms with Crippen LogP contribution in [0.15, 0.2) is 29.6 Å². The minimum absolute atomic E-state index is 0.0405. The van der Waals surface area contributed by atoms with Gasteiger partial charge in [0.25, 0.3) is 0 Å². The average Bonchev–Trinajstić information content (AvgIpc) is 2.12. The maximum absolute atomic E-state index is 8.66. The van der Waals surface area contributed by atoms with E-state index >= 15 is 0 Å². The maximum atomic E-state index is 8.66. The highest BCUT2D eigenvalue weighted by molar-refractivity contribution is 5.53. The van der Waals surface area contributed by atoms with Crippen LogP contribution in [-0.2, 0) is 0 Å². The number of furan rings is 1. The van der Waals surface area contributed by atoms with Crippen LogP contribution in [0.25, 0.3) is 5.76 Å². The van der Waals surface area contributed by atoms with Crippen LogP contribution >= 0.6 is 0 Å². The molecule has 1 aromatic heterocycles. The van der Waals surface area contributed by atoms with Crippen molar-refractivity contribution in [1.29, 1.82) is 0 Å². The highest BCUT2D eigenvalue weighted by Crippen LogP contribution is 2.07. The zero-order valence-corrected chi connectivity index (χ0v) is 4.29. The van der Waals surface area contributed by atoms with Gasteiger partial charge in [0.05, 0.1) is 11.8 Å². The molecule has 0 radical (unpaired) electrons. The van der Waals surface area contributed by atoms with Crippen molar-refractivity contribution in [2.75, 3.05) is 0 Å². The zero-order valence-electron chi connectivity index (χ0n) is 4.29. The molecule has 0 aliphatic carbocycles. The second kappa shape index (κ2) is 1.74. The van der Waals surface area contributed by atoms with Crippen molar-refractivity contribution in [3.8, 4) is 0 Å². The zero-order chi connectivity index (χ0) is 5.98. The van der Waals surface area contributed by atoms with Crippen molar-refractivity contribution in [1.82, 2.24) is 0 Å². The van der Waals surface area contributed by atoms with E-state index in [0.29, 0.717) is 5.56 Å². The first-order valence-electron chi connectivity index (χ1n) is 2.21. The van der Waals surface area contributed by atoms with E-state index in [4.69, 9.17) is 5.11 Å². The Bertz CT molecular complexity index is 174. The van der Waals surface area contributed by atoms with Crippen molar-refractivity contribution in [3.63, 3.8) is 0 Å². The first-order valence-corrected chi connectivity index (χ1v) is 2.21. The molecule has 0 fully saturated rings. The molecule has 1 aromatic rings. The molecule has 0 atom stereocenters. The van der Waals surface area contributed by atoms with Crippen LogP contribution in [-0.4, -0.2) is 5.11 Å². The molecule has 0 bridgehead atoms. The van der Waals surface area contributed by atoms with Gasteiger partial charge in [0.2, 0.25) is 0 Å². The smallest absolute Gasteiger partial charge is 0.118 e. The summed E-state index contributed by atoms with van der Waals surface area (Å²) >= 11 is 0. The molecule has 0 saturated heterocycles. The molecule has 0 aliphatic rings. The fourth-order valence-electron chi connectivity index (χ4n) is 0.429. The lowest BCUT2D eigenvalue weighted by Crippen LogP contribution is -1.70. The molecular formula is C6H6O2. The van der Waals surface area contributed by atoms with Gasteiger partial charge < -0.3 is 9.52 Å². The molecule has 0 aliphatic heterocycles. The third kappa shape index (κ3) is 0.729. The Morgan fingerprint density at radius 3 is 2.75 bits per heavy atom. The van der Waals surface area contributed by atoms with Crippen LogP contribution in [0.4, 0.5) is 0 Å². The highest BCUT2D eigenvalue weighted by atomic mass is 16.3. The van der Waals surface area contributed by atoms with Crippen molar-refractivity contribution in [2.45, 2.75) is 0 Å². The molecule has 42 valence electrons. The Kier molecular flexibility index (Phi) is 1.08. The third-order valence-corrected chi connectivity index (χ3v) is 0.854. The van der Waals surface area contributed by atoms with Crippen molar-refractivity contribution < 1.29 is 9.52 Å². The summed E-state index contributed by atoms with van der Waals surface area (Å²) in [6.07, 6.45) is 2.92. The van der Waals surface area contributed by atoms with Gasteiger partial charge in [-0.2, -0.15) is 0 Å². The summed E-state index contributed by atoms with van der Waals surface area (Å²) in [5, 5.41) is 8.66. The molecule has 0 unspecified atom stereocenters. The van der Waals surface area contributed by atoms with Gasteiger partial charge in [-0.3, -0.25) is 0 Å². The molecule has 2 nitrogen and oxygen atoms in total. The van der Waals surface area contributed by atoms with Gasteiger partial charge in [-0.1, -0.05) is 6.58 Å². The Morgan fingerprint density at radius 2 is 2.50 bits per heavy atom. The quantitative estimate of drug-likeness (QED) is 0.559. The fraction of sp³-hybridized carbons (Fsp3) is 0. The Labute approximate surface area is 47.1 Å². The standard InChI is InChI=1S/C6H6O2/c1-5(7)6-2-3-8-4-6/h2-4,7H,1H2. The summed E-state index contributed by atoms with van der Waals surface area (Å²) in [5.74, 6) is 0.0405. The van der Waals surface area contributed by atoms with E-state index in [1.54, 1.807) is 6.07 Å². The third-order valence-electron chi connectivity index (χ3n) is 0.854. The summed E-state index contributed by atoms with van der Waals surface area (Å²) in [6.45, 7) is 3.29. The molecule has 1 heterocycles. The van der Waals surface area contributed by atoms with E-state index in [0.717, 1.165) is 0 Å². The Hall–Kier alpha value is -1.18. The monoisotopic (exact) mass is 110 g/mol. The molecule has 8 heavy (non-hydrogen) atoms. The van der Waals surface area contributed by atoms with E-state index in [2.05, 4.69) is 11.0 Å². The molecule has 0 spiro atoms. The van der Waals surface area contributed by atoms with Gasteiger partial charge in [-0.15, -0.1) is 0 Å². The van der Waals surface area contributed by atoms with Crippen molar-refractivity contribution >= 4 is 5.76 Å². The largest absolute Gasteiger partial charge is 0.508 e. The summed E-state index contributed by atoms with van der Waals surface area (Å²) in [7, 11) is 0. The second-order valence-electron chi connectivity index (χ2n) is 1.46. The van der Waals surface area contributed by atoms with E-state index in [1.165, 1.54) is 12.5 Å². The number of hydrogen-bond donors (Lipinski definition) is 1. The SMILES string of the molecule is C=C(O)c1ccoc1. The number of rotatable bonds is 1. The highest BCUT2D eigenvalue weighted by Gasteiger charge is 1.92. The first-order chi connectivity index (χ1) is 3.80. The lowest BCUT2D eigenvalue weighted by Gasteiger charge is -1.84. The van der Waals surface area contributed by atoms with E-state index in [1.807, 2.05) is 0 Å². The lowest BCUT2D eigenvalue weighted by molar-refractivity contribution is 0.509. The van der Waals surface area contributed by atoms with Gasteiger partial charge in [0.1, 0.15) is 12.0 Å². The van der Waals surface area contributed by atoms with Crippen LogP contribution in [0.5, 0.6) is 0 Å². The van der Waals surface area contributed by atoms with E-state index in [-0.39, 0.29) is 5.76 Å². The normalized spacial score (nSPS) is 9.00. The van der Waals surface area contributed by atoms with Crippen molar-refractivity contribution in [3.05, 3.63) is 30.7 Å². The minimum atomic E-state index is 0.0405. The number of aliphatic hydroxyl groups excluding tert-OH is 1. The lowest BCUT2D eigenvalue weighted by atomic mass is 10.3. The summed E-state index contributed by atoms with van der Waals surface area (Å²) in [4.78, 5) is 0. The minimum Gasteiger partial charge on any atom is -0.508 e. The molecule has 0 amide bonds. The van der Waals surface area contributed by atoms with Crippen LogP contribution in [0.3, 0.4) is 0 Å². The molecule has 1 rings (SSSR count). The van der Waals surface area contributed by atoms with Crippen LogP contribution in [0.1, 0.15) is 5.56 Å². The summed E-state index contributed by atoms with van der Waals surface area (Å²) in [5.41, 5.74) is 0.630. The van der Waals surface area contributed by atoms with Gasteiger partial charge in [0.15, 0.2) is 0 Å². The van der Waals surface area contributed by atoms with E-state index < -0.39 is 0 Å². The van der Waals surface area contributed by atoms with Gasteiger partial charge in [-0.05, 0) is 6.07 Å². The number of hydrogen-bond acceptors (Lipinski definition) is 2. The first kappa shape index (κ1) is 4.97. The van der Waals surface area contributed by atoms with Gasteiger partial charge >= 0.3 is 0 Å². The Balaban J connectivity index is 2.93. The van der Waals surface area contributed by atoms with Crippen LogP contribution in [0.2, 0.25) is 0 Å². The molecule has 1 N–H and O–H groups in total. The van der Waals surface area contributed by atoms with Crippen LogP contribution in [0, 0.1) is 0 Å². The second-order valence-corrected chi connectivity index (χ2v) is 1.46. The number of aliphatic hydroxyl groups is 1.